The fraction of sp³-hybridized carbons (Fsp3) is 0.463. The third-order valence-electron chi connectivity index (χ3n) is 10.8. The smallest absolute Gasteiger partial charge is 0.321 e. The molecule has 0 heterocycles. The van der Waals surface area contributed by atoms with Crippen LogP contribution in [0.3, 0.4) is 0 Å². The van der Waals surface area contributed by atoms with E-state index in [-0.39, 0.29) is 24.3 Å². The molecule has 1 saturated carbocycles. The van der Waals surface area contributed by atoms with Gasteiger partial charge in [0.05, 0.1) is 32.5 Å². The van der Waals surface area contributed by atoms with Crippen molar-refractivity contribution >= 4 is 17.5 Å². The van der Waals surface area contributed by atoms with Gasteiger partial charge in [0.2, 0.25) is 0 Å². The van der Waals surface area contributed by atoms with Crippen LogP contribution < -0.4 is 14.8 Å². The van der Waals surface area contributed by atoms with Crippen LogP contribution in [0.5, 0.6) is 11.5 Å². The first-order chi connectivity index (χ1) is 23.5. The molecule has 0 aromatic heterocycles. The van der Waals surface area contributed by atoms with E-state index >= 15 is 0 Å². The number of hydrogen-bond acceptors (Lipinski definition) is 6. The van der Waals surface area contributed by atoms with E-state index in [0.717, 1.165) is 30.4 Å². The Kier molecular flexibility index (Phi) is 11.5. The summed E-state index contributed by atoms with van der Waals surface area (Å²) >= 11 is 0. The Balaban J connectivity index is 1.54. The summed E-state index contributed by atoms with van der Waals surface area (Å²) in [4.78, 5) is 29.8. The zero-order valence-electron chi connectivity index (χ0n) is 29.6. The van der Waals surface area contributed by atoms with Gasteiger partial charge in [-0.15, -0.1) is 0 Å². The lowest BCUT2D eigenvalue weighted by Gasteiger charge is -2.46. The van der Waals surface area contributed by atoms with Gasteiger partial charge in [0.1, 0.15) is 11.5 Å². The van der Waals surface area contributed by atoms with Gasteiger partial charge in [-0.25, -0.2) is 4.79 Å². The van der Waals surface area contributed by atoms with Gasteiger partial charge >= 0.3 is 6.03 Å². The molecule has 1 fully saturated rings. The lowest BCUT2D eigenvalue weighted by atomic mass is 9.64. The summed E-state index contributed by atoms with van der Waals surface area (Å²) in [7, 11) is 3.20. The van der Waals surface area contributed by atoms with Crippen LogP contribution in [0, 0.1) is 5.41 Å². The van der Waals surface area contributed by atoms with E-state index in [9.17, 15) is 19.8 Å². The van der Waals surface area contributed by atoms with E-state index in [1.165, 1.54) is 5.57 Å². The first-order valence-electron chi connectivity index (χ1n) is 17.6. The minimum Gasteiger partial charge on any atom is -0.497 e. The maximum Gasteiger partial charge on any atom is 0.321 e. The number of ketones is 1. The predicted octanol–water partition coefficient (Wildman–Crippen LogP) is 7.92. The van der Waals surface area contributed by atoms with Crippen LogP contribution in [0.25, 0.3) is 0 Å². The van der Waals surface area contributed by atoms with Crippen LogP contribution in [0.15, 0.2) is 78.4 Å². The number of hydrogen-bond donors (Lipinski definition) is 3. The SMILES string of the molecule is CCCN(CC1(O)CCC2c3ccc(cc3C(=O)c3ccc(OC)cc3)CC(O)CCC(C)=CCCC21C)C(=O)Nc1ccc(OC)cc1. The molecule has 0 radical (unpaired) electrons. The Morgan fingerprint density at radius 1 is 0.959 bits per heavy atom. The largest absolute Gasteiger partial charge is 0.497 e. The normalized spacial score (nSPS) is 23.9. The van der Waals surface area contributed by atoms with Gasteiger partial charge in [0, 0.05) is 28.8 Å². The number of ether oxygens (including phenoxy) is 2. The number of anilines is 1. The molecular formula is C41H52N2O6. The van der Waals surface area contributed by atoms with Crippen molar-refractivity contribution in [1.82, 2.24) is 4.90 Å². The first-order valence-corrected chi connectivity index (χ1v) is 17.6. The van der Waals surface area contributed by atoms with E-state index < -0.39 is 17.1 Å². The van der Waals surface area contributed by atoms with E-state index in [2.05, 4.69) is 25.2 Å². The Hall–Kier alpha value is -4.14. The van der Waals surface area contributed by atoms with Gasteiger partial charge in [0.15, 0.2) is 5.78 Å². The minimum atomic E-state index is -1.21. The number of benzene rings is 3. The van der Waals surface area contributed by atoms with Crippen LogP contribution in [0.2, 0.25) is 0 Å². The third-order valence-corrected chi connectivity index (χ3v) is 10.8. The Labute approximate surface area is 291 Å². The number of nitrogens with zero attached hydrogens (tertiary/aromatic N) is 1. The quantitative estimate of drug-likeness (QED) is 0.158. The van der Waals surface area contributed by atoms with Gasteiger partial charge in [-0.3, -0.25) is 4.79 Å². The third kappa shape index (κ3) is 8.03. The summed E-state index contributed by atoms with van der Waals surface area (Å²) in [6.45, 7) is 6.93. The molecule has 8 nitrogen and oxygen atoms in total. The second-order valence-electron chi connectivity index (χ2n) is 14.1. The van der Waals surface area contributed by atoms with Gasteiger partial charge < -0.3 is 29.9 Å². The molecular weight excluding hydrogens is 616 g/mol. The fourth-order valence-corrected chi connectivity index (χ4v) is 7.81. The zero-order chi connectivity index (χ0) is 35.2. The summed E-state index contributed by atoms with van der Waals surface area (Å²) in [5.41, 5.74) is 2.97. The highest BCUT2D eigenvalue weighted by Gasteiger charge is 2.57. The second-order valence-corrected chi connectivity index (χ2v) is 14.1. The number of fused-ring (bicyclic) bond motifs is 8. The number of methoxy groups -OCH3 is 2. The number of rotatable bonds is 9. The molecule has 0 saturated heterocycles. The van der Waals surface area contributed by atoms with Crippen LogP contribution in [0.4, 0.5) is 10.5 Å². The van der Waals surface area contributed by atoms with Gasteiger partial charge in [-0.2, -0.15) is 0 Å². The monoisotopic (exact) mass is 668 g/mol. The van der Waals surface area contributed by atoms with Gasteiger partial charge in [-0.05, 0) is 130 Å². The molecule has 4 atom stereocenters. The number of amides is 2. The maximum absolute atomic E-state index is 14.3. The van der Waals surface area contributed by atoms with Crippen molar-refractivity contribution in [2.24, 2.45) is 5.41 Å². The summed E-state index contributed by atoms with van der Waals surface area (Å²) in [6.07, 6.45) is 6.88. The molecule has 3 N–H and O–H groups in total. The molecule has 3 aromatic rings. The number of nitrogens with one attached hydrogen (secondary N) is 1. The molecule has 4 unspecified atom stereocenters. The highest BCUT2D eigenvalue weighted by Crippen LogP contribution is 2.59. The predicted molar refractivity (Wildman–Crippen MR) is 194 cm³/mol. The van der Waals surface area contributed by atoms with Crippen LogP contribution >= 0.6 is 0 Å². The first kappa shape index (κ1) is 36.1. The van der Waals surface area contributed by atoms with Gasteiger partial charge in [0.25, 0.3) is 0 Å². The topological polar surface area (TPSA) is 108 Å². The molecule has 3 aromatic carbocycles. The summed E-state index contributed by atoms with van der Waals surface area (Å²) in [6, 6.07) is 20.1. The van der Waals surface area contributed by atoms with E-state index in [1.807, 2.05) is 25.1 Å². The molecule has 6 rings (SSSR count). The highest BCUT2D eigenvalue weighted by molar-refractivity contribution is 6.10. The zero-order valence-corrected chi connectivity index (χ0v) is 29.6. The van der Waals surface area contributed by atoms with Crippen molar-refractivity contribution in [1.29, 1.82) is 0 Å². The molecule has 3 aliphatic rings. The molecule has 8 heteroatoms. The minimum absolute atomic E-state index is 0.0962. The Morgan fingerprint density at radius 2 is 1.63 bits per heavy atom. The molecule has 0 aliphatic heterocycles. The number of carbonyl (C=O) groups is 2. The second kappa shape index (κ2) is 15.6. The summed E-state index contributed by atoms with van der Waals surface area (Å²) in [5, 5.41) is 26.7. The Bertz CT molecular complexity index is 1630. The lowest BCUT2D eigenvalue weighted by molar-refractivity contribution is -0.0763. The van der Waals surface area contributed by atoms with Crippen molar-refractivity contribution in [3.63, 3.8) is 0 Å². The number of aliphatic hydroxyl groups excluding tert-OH is 1. The highest BCUT2D eigenvalue weighted by atomic mass is 16.5. The van der Waals surface area contributed by atoms with E-state index in [1.54, 1.807) is 67.7 Å². The molecule has 49 heavy (non-hydrogen) atoms. The standard InChI is InChI=1S/C41H52N2O6/c1-6-24-43(39(46)42-31-13-18-34(49-5)19-14-31)27-41(47)23-21-37-35-20-10-29(25-32(44)15-9-28(2)8-7-22-40(37,41)3)26-36(35)38(45)30-11-16-33(48-4)17-12-30/h8,10-14,16-20,26,32,37,44,47H,6-7,9,15,21-25,27H2,1-5H3,(H,42,46). The molecule has 262 valence electrons. The van der Waals surface area contributed by atoms with Crippen molar-refractivity contribution in [3.05, 3.63) is 101 Å². The van der Waals surface area contributed by atoms with Crippen LogP contribution in [-0.4, -0.2) is 65.9 Å². The molecule has 2 amide bonds. The average Bonchev–Trinajstić information content (AvgIpc) is 3.35. The Morgan fingerprint density at radius 3 is 2.29 bits per heavy atom. The van der Waals surface area contributed by atoms with Crippen molar-refractivity contribution in [3.8, 4) is 11.5 Å². The van der Waals surface area contributed by atoms with Crippen LogP contribution in [-0.2, 0) is 6.42 Å². The maximum atomic E-state index is 14.3. The van der Waals surface area contributed by atoms with Crippen molar-refractivity contribution in [2.45, 2.75) is 89.8 Å². The summed E-state index contributed by atoms with van der Waals surface area (Å²) in [5.74, 6) is 1.14. The van der Waals surface area contributed by atoms with Crippen LogP contribution in [0.1, 0.15) is 98.7 Å². The average molecular weight is 669 g/mol. The lowest BCUT2D eigenvalue weighted by Crippen LogP contribution is -2.54. The number of urea groups is 1. The molecule has 3 aliphatic carbocycles. The fourth-order valence-electron chi connectivity index (χ4n) is 7.81. The van der Waals surface area contributed by atoms with Gasteiger partial charge in [-0.1, -0.05) is 37.6 Å². The van der Waals surface area contributed by atoms with Crippen molar-refractivity contribution < 1.29 is 29.3 Å². The molecule has 0 spiro atoms. The number of allylic oxidation sites excluding steroid dienone is 2. The molecule has 2 bridgehead atoms. The summed E-state index contributed by atoms with van der Waals surface area (Å²) < 4.78 is 10.6. The van der Waals surface area contributed by atoms with E-state index in [4.69, 9.17) is 9.47 Å². The number of carbonyl (C=O) groups excluding carboxylic acids is 2. The van der Waals surface area contributed by atoms with Crippen molar-refractivity contribution in [2.75, 3.05) is 32.6 Å². The number of aliphatic hydroxyl groups is 2. The van der Waals surface area contributed by atoms with E-state index in [0.29, 0.717) is 67.0 Å².